The average molecular weight is 394 g/mol. The molecule has 0 fully saturated rings. The summed E-state index contributed by atoms with van der Waals surface area (Å²) < 4.78 is 5.21. The lowest BCUT2D eigenvalue weighted by molar-refractivity contribution is 0.0944. The first kappa shape index (κ1) is 18.0. The monoisotopic (exact) mass is 394 g/mol. The molecular weight excluding hydrogens is 376 g/mol. The zero-order valence-corrected chi connectivity index (χ0v) is 15.7. The highest BCUT2D eigenvalue weighted by Gasteiger charge is 2.14. The van der Waals surface area contributed by atoms with E-state index >= 15 is 0 Å². The van der Waals surface area contributed by atoms with Gasteiger partial charge in [-0.15, -0.1) is 11.3 Å². The zero-order valence-electron chi connectivity index (χ0n) is 14.9. The maximum atomic E-state index is 12.3. The first-order valence-corrected chi connectivity index (χ1v) is 9.73. The molecule has 0 atom stereocenters. The van der Waals surface area contributed by atoms with Gasteiger partial charge < -0.3 is 20.1 Å². The maximum absolute atomic E-state index is 12.3. The highest BCUT2D eigenvalue weighted by molar-refractivity contribution is 7.13. The Morgan fingerprint density at radius 3 is 2.71 bits per heavy atom. The molecule has 2 amide bonds. The highest BCUT2D eigenvalue weighted by Crippen LogP contribution is 2.25. The summed E-state index contributed by atoms with van der Waals surface area (Å²) in [6.07, 6.45) is 2.31. The highest BCUT2D eigenvalue weighted by atomic mass is 32.1. The molecule has 0 aliphatic rings. The van der Waals surface area contributed by atoms with Crippen molar-refractivity contribution in [1.29, 1.82) is 0 Å². The average Bonchev–Trinajstić information content (AvgIpc) is 3.47. The van der Waals surface area contributed by atoms with E-state index in [-0.39, 0.29) is 17.5 Å². The summed E-state index contributed by atoms with van der Waals surface area (Å²) in [6.45, 7) is 0.881. The summed E-state index contributed by atoms with van der Waals surface area (Å²) in [5.41, 5.74) is 1.78. The van der Waals surface area contributed by atoms with E-state index in [4.69, 9.17) is 4.52 Å². The zero-order chi connectivity index (χ0) is 19.3. The smallest absolute Gasteiger partial charge is 0.273 e. The van der Waals surface area contributed by atoms with E-state index < -0.39 is 0 Å². The molecule has 142 valence electrons. The number of nitrogens with one attached hydrogen (secondary N) is 3. The van der Waals surface area contributed by atoms with Crippen LogP contribution in [0.15, 0.2) is 58.6 Å². The number of carbonyl (C=O) groups excluding carboxylic acids is 2. The Morgan fingerprint density at radius 2 is 1.89 bits per heavy atom. The molecule has 3 N–H and O–H groups in total. The second-order valence-corrected chi connectivity index (χ2v) is 7.11. The molecule has 0 saturated heterocycles. The second-order valence-electron chi connectivity index (χ2n) is 6.17. The van der Waals surface area contributed by atoms with Crippen molar-refractivity contribution in [2.24, 2.45) is 0 Å². The molecule has 0 radical (unpaired) electrons. The number of aromatic amines is 1. The van der Waals surface area contributed by atoms with Gasteiger partial charge in [-0.3, -0.25) is 9.59 Å². The van der Waals surface area contributed by atoms with Gasteiger partial charge in [-0.05, 0) is 23.9 Å². The van der Waals surface area contributed by atoms with E-state index in [1.807, 2.05) is 41.8 Å². The quantitative estimate of drug-likeness (QED) is 0.418. The number of H-pyrrole nitrogens is 1. The van der Waals surface area contributed by atoms with Crippen molar-refractivity contribution in [2.45, 2.75) is 6.42 Å². The predicted molar refractivity (Wildman–Crippen MR) is 107 cm³/mol. The van der Waals surface area contributed by atoms with E-state index in [0.29, 0.717) is 30.8 Å². The van der Waals surface area contributed by atoms with Gasteiger partial charge in [-0.2, -0.15) is 0 Å². The number of thiophene rings is 1. The molecule has 3 heterocycles. The van der Waals surface area contributed by atoms with Crippen LogP contribution in [0.25, 0.3) is 21.5 Å². The Balaban J connectivity index is 1.22. The molecule has 0 saturated carbocycles. The summed E-state index contributed by atoms with van der Waals surface area (Å²) in [5, 5.41) is 12.3. The van der Waals surface area contributed by atoms with E-state index in [2.05, 4.69) is 20.8 Å². The van der Waals surface area contributed by atoms with Gasteiger partial charge in [0.2, 0.25) is 0 Å². The molecule has 1 aromatic carbocycles. The summed E-state index contributed by atoms with van der Waals surface area (Å²) in [6, 6.07) is 13.1. The van der Waals surface area contributed by atoms with Crippen LogP contribution >= 0.6 is 11.3 Å². The van der Waals surface area contributed by atoms with Crippen molar-refractivity contribution in [3.8, 4) is 10.6 Å². The van der Waals surface area contributed by atoms with Gasteiger partial charge in [0.25, 0.3) is 11.8 Å². The minimum absolute atomic E-state index is 0.138. The number of aromatic nitrogens is 2. The van der Waals surface area contributed by atoms with Gasteiger partial charge in [-0.25, -0.2) is 0 Å². The number of hydrogen-bond acceptors (Lipinski definition) is 5. The molecular formula is C20H18N4O3S. The standard InChI is InChI=1S/C20H18N4O3S/c25-19(14-12-23-15-6-2-1-5-13(14)15)21-8-4-9-22-20(26)16-11-17(27-24-16)18-7-3-10-28-18/h1-3,5-7,10-12,23H,4,8-9H2,(H,21,25)(H,22,26). The lowest BCUT2D eigenvalue weighted by atomic mass is 10.1. The molecule has 0 aliphatic carbocycles. The van der Waals surface area contributed by atoms with Crippen molar-refractivity contribution >= 4 is 34.1 Å². The maximum Gasteiger partial charge on any atom is 0.273 e. The summed E-state index contributed by atoms with van der Waals surface area (Å²) >= 11 is 1.52. The van der Waals surface area contributed by atoms with Gasteiger partial charge in [0, 0.05) is 36.3 Å². The number of fused-ring (bicyclic) bond motifs is 1. The third kappa shape index (κ3) is 3.81. The third-order valence-corrected chi connectivity index (χ3v) is 5.15. The molecule has 0 aliphatic heterocycles. The van der Waals surface area contributed by atoms with E-state index in [0.717, 1.165) is 15.8 Å². The number of rotatable bonds is 7. The van der Waals surface area contributed by atoms with Crippen LogP contribution in [0.5, 0.6) is 0 Å². The number of nitrogens with zero attached hydrogens (tertiary/aromatic N) is 1. The number of para-hydroxylation sites is 1. The Labute approximate surface area is 164 Å². The number of amides is 2. The minimum atomic E-state index is -0.297. The van der Waals surface area contributed by atoms with Crippen LogP contribution in [-0.2, 0) is 0 Å². The van der Waals surface area contributed by atoms with E-state index in [1.165, 1.54) is 11.3 Å². The fourth-order valence-corrected chi connectivity index (χ4v) is 3.53. The van der Waals surface area contributed by atoms with Crippen molar-refractivity contribution in [1.82, 2.24) is 20.8 Å². The molecule has 8 heteroatoms. The molecule has 4 aromatic rings. The number of benzene rings is 1. The molecule has 7 nitrogen and oxygen atoms in total. The van der Waals surface area contributed by atoms with Crippen LogP contribution in [0.3, 0.4) is 0 Å². The van der Waals surface area contributed by atoms with Crippen LogP contribution in [0.2, 0.25) is 0 Å². The van der Waals surface area contributed by atoms with E-state index in [1.54, 1.807) is 12.3 Å². The molecule has 3 aromatic heterocycles. The SMILES string of the molecule is O=C(NCCCNC(=O)c1c[nH]c2ccccc12)c1cc(-c2cccs2)on1. The van der Waals surface area contributed by atoms with Crippen molar-refractivity contribution in [2.75, 3.05) is 13.1 Å². The predicted octanol–water partition coefficient (Wildman–Crippen LogP) is 3.43. The first-order chi connectivity index (χ1) is 13.7. The van der Waals surface area contributed by atoms with Gasteiger partial charge >= 0.3 is 0 Å². The minimum Gasteiger partial charge on any atom is -0.360 e. The van der Waals surface area contributed by atoms with Crippen LogP contribution in [0.4, 0.5) is 0 Å². The first-order valence-electron chi connectivity index (χ1n) is 8.85. The molecule has 0 spiro atoms. The van der Waals surface area contributed by atoms with Gasteiger partial charge in [0.15, 0.2) is 11.5 Å². The number of hydrogen-bond donors (Lipinski definition) is 3. The van der Waals surface area contributed by atoms with Crippen molar-refractivity contribution < 1.29 is 14.1 Å². The molecule has 0 bridgehead atoms. The fraction of sp³-hybridized carbons (Fsp3) is 0.150. The van der Waals surface area contributed by atoms with Gasteiger partial charge in [-0.1, -0.05) is 29.4 Å². The van der Waals surface area contributed by atoms with Crippen LogP contribution in [-0.4, -0.2) is 35.0 Å². The Hall–Kier alpha value is -3.39. The second kappa shape index (κ2) is 8.10. The van der Waals surface area contributed by atoms with Crippen molar-refractivity contribution in [3.05, 3.63) is 65.3 Å². The fourth-order valence-electron chi connectivity index (χ4n) is 2.85. The topological polar surface area (TPSA) is 100 Å². The Kier molecular flexibility index (Phi) is 5.20. The third-order valence-electron chi connectivity index (χ3n) is 4.27. The lowest BCUT2D eigenvalue weighted by Gasteiger charge is -2.05. The van der Waals surface area contributed by atoms with Crippen molar-refractivity contribution in [3.63, 3.8) is 0 Å². The molecule has 28 heavy (non-hydrogen) atoms. The van der Waals surface area contributed by atoms with Gasteiger partial charge in [0.1, 0.15) is 0 Å². The van der Waals surface area contributed by atoms with Gasteiger partial charge in [0.05, 0.1) is 10.4 Å². The summed E-state index contributed by atoms with van der Waals surface area (Å²) in [7, 11) is 0. The van der Waals surface area contributed by atoms with Crippen LogP contribution in [0.1, 0.15) is 27.3 Å². The van der Waals surface area contributed by atoms with Crippen LogP contribution < -0.4 is 10.6 Å². The number of carbonyl (C=O) groups is 2. The summed E-state index contributed by atoms with van der Waals surface area (Å²) in [4.78, 5) is 28.5. The molecule has 4 rings (SSSR count). The van der Waals surface area contributed by atoms with E-state index in [9.17, 15) is 9.59 Å². The lowest BCUT2D eigenvalue weighted by Crippen LogP contribution is -2.30. The Bertz CT molecular complexity index is 1100. The summed E-state index contributed by atoms with van der Waals surface area (Å²) in [5.74, 6) is 0.140. The largest absolute Gasteiger partial charge is 0.360 e. The normalized spacial score (nSPS) is 10.9. The Morgan fingerprint density at radius 1 is 1.07 bits per heavy atom. The van der Waals surface area contributed by atoms with Crippen LogP contribution in [0, 0.1) is 0 Å². The molecule has 0 unspecified atom stereocenters.